The van der Waals surface area contributed by atoms with Gasteiger partial charge in [0.15, 0.2) is 0 Å². The molecule has 2 aliphatic rings. The van der Waals surface area contributed by atoms with E-state index in [0.29, 0.717) is 12.5 Å². The van der Waals surface area contributed by atoms with E-state index in [9.17, 15) is 14.9 Å². The lowest BCUT2D eigenvalue weighted by Gasteiger charge is -2.38. The third-order valence-electron chi connectivity index (χ3n) is 8.28. The molecular formula is C31H33N5O3. The second-order valence-corrected chi connectivity index (χ2v) is 10.9. The van der Waals surface area contributed by atoms with Gasteiger partial charge in [0.2, 0.25) is 5.91 Å². The lowest BCUT2D eigenvalue weighted by atomic mass is 9.84. The van der Waals surface area contributed by atoms with E-state index in [-0.39, 0.29) is 16.5 Å². The van der Waals surface area contributed by atoms with Crippen molar-refractivity contribution in [3.8, 4) is 22.4 Å². The summed E-state index contributed by atoms with van der Waals surface area (Å²) in [6.45, 7) is 8.01. The number of aryl methyl sites for hydroxylation is 2. The van der Waals surface area contributed by atoms with Gasteiger partial charge in [0.25, 0.3) is 5.69 Å². The molecule has 8 heteroatoms. The van der Waals surface area contributed by atoms with Crippen molar-refractivity contribution in [3.05, 3.63) is 87.7 Å². The van der Waals surface area contributed by atoms with E-state index in [4.69, 9.17) is 4.98 Å². The number of amides is 1. The van der Waals surface area contributed by atoms with Gasteiger partial charge in [-0.15, -0.1) is 0 Å². The third kappa shape index (κ3) is 4.92. The quantitative estimate of drug-likeness (QED) is 0.241. The first kappa shape index (κ1) is 25.2. The van der Waals surface area contributed by atoms with Gasteiger partial charge in [-0.3, -0.25) is 19.8 Å². The van der Waals surface area contributed by atoms with Crippen LogP contribution in [-0.2, 0) is 11.3 Å². The van der Waals surface area contributed by atoms with Crippen molar-refractivity contribution in [2.75, 3.05) is 26.2 Å². The van der Waals surface area contributed by atoms with E-state index >= 15 is 0 Å². The number of nitro benzene ring substituents is 1. The maximum absolute atomic E-state index is 12.8. The Kier molecular flexibility index (Phi) is 6.64. The van der Waals surface area contributed by atoms with Gasteiger partial charge in [-0.25, -0.2) is 4.98 Å². The smallest absolute Gasteiger partial charge is 0.269 e. The molecule has 1 amide bonds. The number of aromatic nitrogens is 2. The van der Waals surface area contributed by atoms with Gasteiger partial charge in [0.1, 0.15) is 5.65 Å². The maximum atomic E-state index is 12.8. The minimum atomic E-state index is -0.380. The number of carbonyl (C=O) groups excluding carboxylic acids is 1. The molecule has 1 aliphatic heterocycles. The SMILES string of the molecule is Cc1ccc(C)c(-c2ccc3nc(-c4ccc([N+](=O)[O-])cc4)c(CN4CCN(C(=O)C5CCC5)CC4)n3c2)c1. The van der Waals surface area contributed by atoms with Crippen molar-refractivity contribution >= 4 is 17.2 Å². The molecule has 2 fully saturated rings. The highest BCUT2D eigenvalue weighted by Gasteiger charge is 2.31. The van der Waals surface area contributed by atoms with Gasteiger partial charge in [-0.1, -0.05) is 30.2 Å². The van der Waals surface area contributed by atoms with Gasteiger partial charge in [-0.2, -0.15) is 0 Å². The molecule has 2 aromatic carbocycles. The molecule has 3 heterocycles. The highest BCUT2D eigenvalue weighted by molar-refractivity contribution is 5.79. The predicted molar refractivity (Wildman–Crippen MR) is 151 cm³/mol. The fraction of sp³-hybridized carbons (Fsp3) is 0.355. The Morgan fingerprint density at radius 2 is 1.69 bits per heavy atom. The Balaban J connectivity index is 1.35. The zero-order chi connectivity index (χ0) is 27.1. The van der Waals surface area contributed by atoms with E-state index in [0.717, 1.165) is 67.2 Å². The fourth-order valence-corrected chi connectivity index (χ4v) is 5.67. The number of rotatable bonds is 6. The number of benzene rings is 2. The van der Waals surface area contributed by atoms with Crippen LogP contribution in [0.5, 0.6) is 0 Å². The van der Waals surface area contributed by atoms with Gasteiger partial charge in [0.05, 0.1) is 16.3 Å². The first-order valence-corrected chi connectivity index (χ1v) is 13.7. The van der Waals surface area contributed by atoms with Crippen molar-refractivity contribution in [2.24, 2.45) is 5.92 Å². The summed E-state index contributed by atoms with van der Waals surface area (Å²) in [5.74, 6) is 0.549. The Bertz CT molecular complexity index is 1550. The van der Waals surface area contributed by atoms with E-state index in [2.05, 4.69) is 53.6 Å². The molecule has 200 valence electrons. The topological polar surface area (TPSA) is 84.0 Å². The number of hydrogen-bond donors (Lipinski definition) is 0. The van der Waals surface area contributed by atoms with Gasteiger partial charge in [-0.05, 0) is 67.6 Å². The zero-order valence-electron chi connectivity index (χ0n) is 22.5. The van der Waals surface area contributed by atoms with Crippen molar-refractivity contribution in [2.45, 2.75) is 39.7 Å². The van der Waals surface area contributed by atoms with E-state index in [1.807, 2.05) is 11.0 Å². The van der Waals surface area contributed by atoms with Crippen molar-refractivity contribution in [3.63, 3.8) is 0 Å². The van der Waals surface area contributed by atoms with Crippen LogP contribution in [0.3, 0.4) is 0 Å². The van der Waals surface area contributed by atoms with Crippen LogP contribution in [0.15, 0.2) is 60.8 Å². The van der Waals surface area contributed by atoms with Crippen LogP contribution < -0.4 is 0 Å². The van der Waals surface area contributed by atoms with Crippen LogP contribution in [0.1, 0.15) is 36.1 Å². The predicted octanol–water partition coefficient (Wildman–Crippen LogP) is 5.64. The minimum Gasteiger partial charge on any atom is -0.340 e. The van der Waals surface area contributed by atoms with Gasteiger partial charge in [0, 0.05) is 62.5 Å². The monoisotopic (exact) mass is 523 g/mol. The number of piperazine rings is 1. The van der Waals surface area contributed by atoms with E-state index < -0.39 is 0 Å². The molecule has 1 saturated heterocycles. The number of nitro groups is 1. The summed E-state index contributed by atoms with van der Waals surface area (Å²) in [5.41, 5.74) is 8.36. The average molecular weight is 524 g/mol. The number of pyridine rings is 1. The molecule has 6 rings (SSSR count). The van der Waals surface area contributed by atoms with Crippen molar-refractivity contribution < 1.29 is 9.72 Å². The lowest BCUT2D eigenvalue weighted by molar-refractivity contribution is -0.384. The fourth-order valence-electron chi connectivity index (χ4n) is 5.67. The Labute approximate surface area is 228 Å². The second kappa shape index (κ2) is 10.3. The number of nitrogens with zero attached hydrogens (tertiary/aromatic N) is 5. The second-order valence-electron chi connectivity index (χ2n) is 10.9. The summed E-state index contributed by atoms with van der Waals surface area (Å²) in [7, 11) is 0. The summed E-state index contributed by atoms with van der Waals surface area (Å²) in [5, 5.41) is 11.2. The van der Waals surface area contributed by atoms with Crippen LogP contribution in [0, 0.1) is 29.9 Å². The molecule has 4 aromatic rings. The minimum absolute atomic E-state index is 0.0634. The number of imidazole rings is 1. The first-order valence-electron chi connectivity index (χ1n) is 13.7. The van der Waals surface area contributed by atoms with E-state index in [1.165, 1.54) is 35.2 Å². The van der Waals surface area contributed by atoms with Crippen LogP contribution in [0.25, 0.3) is 28.0 Å². The van der Waals surface area contributed by atoms with E-state index in [1.54, 1.807) is 12.1 Å². The highest BCUT2D eigenvalue weighted by Crippen LogP contribution is 2.32. The Morgan fingerprint density at radius 1 is 0.974 bits per heavy atom. The first-order chi connectivity index (χ1) is 18.9. The number of carbonyl (C=O) groups is 1. The molecular weight excluding hydrogens is 490 g/mol. The molecule has 1 saturated carbocycles. The summed E-state index contributed by atoms with van der Waals surface area (Å²) >= 11 is 0. The molecule has 8 nitrogen and oxygen atoms in total. The molecule has 1 aliphatic carbocycles. The molecule has 0 unspecified atom stereocenters. The molecule has 39 heavy (non-hydrogen) atoms. The number of non-ortho nitro benzene ring substituents is 1. The zero-order valence-corrected chi connectivity index (χ0v) is 22.5. The van der Waals surface area contributed by atoms with Gasteiger partial charge < -0.3 is 9.30 Å². The van der Waals surface area contributed by atoms with Crippen molar-refractivity contribution in [1.82, 2.24) is 19.2 Å². The number of fused-ring (bicyclic) bond motifs is 1. The summed E-state index contributed by atoms with van der Waals surface area (Å²) in [4.78, 5) is 33.0. The molecule has 0 atom stereocenters. The molecule has 0 spiro atoms. The maximum Gasteiger partial charge on any atom is 0.269 e. The summed E-state index contributed by atoms with van der Waals surface area (Å²) < 4.78 is 2.17. The Morgan fingerprint density at radius 3 is 2.36 bits per heavy atom. The van der Waals surface area contributed by atoms with Crippen molar-refractivity contribution in [1.29, 1.82) is 0 Å². The summed E-state index contributed by atoms with van der Waals surface area (Å²) in [6.07, 6.45) is 5.38. The molecule has 0 N–H and O–H groups in total. The largest absolute Gasteiger partial charge is 0.340 e. The standard InChI is InChI=1S/C31H33N5O3/c1-21-6-7-22(2)27(18-21)25-10-13-29-32-30(23-8-11-26(12-9-23)36(38)39)28(35(29)19-25)20-33-14-16-34(17-15-33)31(37)24-4-3-5-24/h6-13,18-19,24H,3-5,14-17,20H2,1-2H3. The van der Waals surface area contributed by atoms with Crippen LogP contribution in [-0.4, -0.2) is 56.2 Å². The highest BCUT2D eigenvalue weighted by atomic mass is 16.6. The van der Waals surface area contributed by atoms with Crippen LogP contribution in [0.2, 0.25) is 0 Å². The third-order valence-corrected chi connectivity index (χ3v) is 8.28. The van der Waals surface area contributed by atoms with Crippen LogP contribution >= 0.6 is 0 Å². The lowest BCUT2D eigenvalue weighted by Crippen LogP contribution is -2.50. The van der Waals surface area contributed by atoms with Gasteiger partial charge >= 0.3 is 0 Å². The van der Waals surface area contributed by atoms with Crippen LogP contribution in [0.4, 0.5) is 5.69 Å². The molecule has 0 bridgehead atoms. The molecule has 0 radical (unpaired) electrons. The number of hydrogen-bond acceptors (Lipinski definition) is 5. The summed E-state index contributed by atoms with van der Waals surface area (Å²) in [6, 6.07) is 17.3. The normalized spacial score (nSPS) is 16.4. The molecule has 2 aromatic heterocycles. The average Bonchev–Trinajstić information content (AvgIpc) is 3.27. The Hall–Kier alpha value is -4.04.